The second kappa shape index (κ2) is 11.1. The fourth-order valence-corrected chi connectivity index (χ4v) is 4.88. The number of hydrogen-bond acceptors (Lipinski definition) is 7. The smallest absolute Gasteiger partial charge is 0.323 e. The van der Waals surface area contributed by atoms with Crippen molar-refractivity contribution >= 4 is 35.8 Å². The van der Waals surface area contributed by atoms with Crippen LogP contribution >= 0.6 is 24.0 Å². The number of halogens is 2. The molecule has 1 aliphatic rings. The molecule has 184 valence electrons. The minimum Gasteiger partial charge on any atom is -0.486 e. The molecule has 1 aliphatic heterocycles. The van der Waals surface area contributed by atoms with E-state index >= 15 is 0 Å². The standard InChI is InChI=1S/C24H23F2N3O4S2/c25-18-9-17(21(34)10-19(18)26)14-1-3-16(4-2-14)33-12-22-28-20(13-35-22)24(32)29(11-23(30)31)15-5-7-27-8-6-15/h1-4,9-10,13,15,27,34H,5-8,11-12H2,(H,30,31). The third-order valence-electron chi connectivity index (χ3n) is 5.65. The van der Waals surface area contributed by atoms with Crippen LogP contribution in [0.4, 0.5) is 8.78 Å². The van der Waals surface area contributed by atoms with Crippen molar-refractivity contribution in [2.75, 3.05) is 19.6 Å². The van der Waals surface area contributed by atoms with Crippen LogP contribution in [0, 0.1) is 11.6 Å². The van der Waals surface area contributed by atoms with E-state index in [2.05, 4.69) is 22.9 Å². The molecule has 1 fully saturated rings. The maximum absolute atomic E-state index is 13.6. The maximum Gasteiger partial charge on any atom is 0.323 e. The number of benzene rings is 2. The van der Waals surface area contributed by atoms with Gasteiger partial charge in [-0.05, 0) is 61.3 Å². The summed E-state index contributed by atoms with van der Waals surface area (Å²) in [4.78, 5) is 30.4. The highest BCUT2D eigenvalue weighted by molar-refractivity contribution is 7.80. The van der Waals surface area contributed by atoms with Crippen molar-refractivity contribution in [3.05, 3.63) is 64.1 Å². The average Bonchev–Trinajstić information content (AvgIpc) is 3.33. The Bertz CT molecular complexity index is 1210. The van der Waals surface area contributed by atoms with Gasteiger partial charge in [-0.15, -0.1) is 24.0 Å². The van der Waals surface area contributed by atoms with Crippen LogP contribution in [0.3, 0.4) is 0 Å². The van der Waals surface area contributed by atoms with Gasteiger partial charge in [0.25, 0.3) is 5.91 Å². The second-order valence-corrected chi connectivity index (χ2v) is 9.46. The predicted octanol–water partition coefficient (Wildman–Crippen LogP) is 4.23. The number of aromatic nitrogens is 1. The van der Waals surface area contributed by atoms with E-state index in [1.165, 1.54) is 16.2 Å². The molecule has 0 saturated carbocycles. The SMILES string of the molecule is O=C(O)CN(C(=O)c1csc(COc2ccc(-c3cc(F)c(F)cc3S)cc2)n1)C1CCNCC1. The van der Waals surface area contributed by atoms with Gasteiger partial charge >= 0.3 is 5.97 Å². The summed E-state index contributed by atoms with van der Waals surface area (Å²) in [5.41, 5.74) is 1.31. The second-order valence-electron chi connectivity index (χ2n) is 8.03. The van der Waals surface area contributed by atoms with E-state index in [0.29, 0.717) is 39.6 Å². The molecule has 11 heteroatoms. The summed E-state index contributed by atoms with van der Waals surface area (Å²) >= 11 is 5.47. The maximum atomic E-state index is 13.6. The molecule has 0 aliphatic carbocycles. The Morgan fingerprint density at radius 2 is 1.86 bits per heavy atom. The van der Waals surface area contributed by atoms with Crippen molar-refractivity contribution in [1.82, 2.24) is 15.2 Å². The lowest BCUT2D eigenvalue weighted by Crippen LogP contribution is -2.48. The van der Waals surface area contributed by atoms with Crippen molar-refractivity contribution in [2.24, 2.45) is 0 Å². The molecule has 1 aromatic heterocycles. The number of ether oxygens (including phenoxy) is 1. The molecule has 7 nitrogen and oxygen atoms in total. The molecule has 0 radical (unpaired) electrons. The summed E-state index contributed by atoms with van der Waals surface area (Å²) in [6, 6.07) is 8.78. The van der Waals surface area contributed by atoms with Gasteiger partial charge < -0.3 is 20.1 Å². The summed E-state index contributed by atoms with van der Waals surface area (Å²) in [5.74, 6) is -2.84. The molecule has 2 aromatic carbocycles. The van der Waals surface area contributed by atoms with Crippen molar-refractivity contribution in [3.63, 3.8) is 0 Å². The predicted molar refractivity (Wildman–Crippen MR) is 130 cm³/mol. The molecule has 4 rings (SSSR count). The summed E-state index contributed by atoms with van der Waals surface area (Å²) < 4.78 is 32.7. The zero-order valence-electron chi connectivity index (χ0n) is 18.5. The summed E-state index contributed by atoms with van der Waals surface area (Å²) in [6.45, 7) is 1.21. The lowest BCUT2D eigenvalue weighted by Gasteiger charge is -2.33. The molecule has 35 heavy (non-hydrogen) atoms. The van der Waals surface area contributed by atoms with Gasteiger partial charge in [0.2, 0.25) is 0 Å². The molecule has 2 N–H and O–H groups in total. The van der Waals surface area contributed by atoms with Crippen LogP contribution in [0.2, 0.25) is 0 Å². The number of amides is 1. The number of carboxylic acid groups (broad SMARTS) is 1. The zero-order valence-corrected chi connectivity index (χ0v) is 20.3. The first-order valence-corrected chi connectivity index (χ1v) is 12.2. The largest absolute Gasteiger partial charge is 0.486 e. The molecule has 1 saturated heterocycles. The quantitative estimate of drug-likeness (QED) is 0.386. The van der Waals surface area contributed by atoms with Crippen LogP contribution in [0.25, 0.3) is 11.1 Å². The number of thiazole rings is 1. The first-order valence-electron chi connectivity index (χ1n) is 10.9. The molecule has 3 aromatic rings. The van der Waals surface area contributed by atoms with Gasteiger partial charge in [0.1, 0.15) is 29.6 Å². The lowest BCUT2D eigenvalue weighted by atomic mass is 10.0. The molecule has 2 heterocycles. The highest BCUT2D eigenvalue weighted by Gasteiger charge is 2.29. The molecular formula is C24H23F2N3O4S2. The van der Waals surface area contributed by atoms with Crippen LogP contribution in [-0.2, 0) is 11.4 Å². The van der Waals surface area contributed by atoms with Crippen molar-refractivity contribution < 1.29 is 28.2 Å². The number of rotatable bonds is 8. The highest BCUT2D eigenvalue weighted by atomic mass is 32.1. The van der Waals surface area contributed by atoms with E-state index in [1.54, 1.807) is 29.6 Å². The third-order valence-corrected chi connectivity index (χ3v) is 6.85. The molecule has 1 amide bonds. The molecule has 0 atom stereocenters. The monoisotopic (exact) mass is 519 g/mol. The van der Waals surface area contributed by atoms with Crippen LogP contribution in [0.15, 0.2) is 46.7 Å². The Kier molecular flexibility index (Phi) is 7.99. The fourth-order valence-electron chi connectivity index (χ4n) is 3.90. The van der Waals surface area contributed by atoms with E-state index < -0.39 is 23.5 Å². The van der Waals surface area contributed by atoms with Crippen LogP contribution in [-0.4, -0.2) is 52.5 Å². The molecular weight excluding hydrogens is 496 g/mol. The minimum atomic E-state index is -1.06. The Morgan fingerprint density at radius 1 is 1.17 bits per heavy atom. The van der Waals surface area contributed by atoms with Gasteiger partial charge in [0.05, 0.1) is 0 Å². The molecule has 0 unspecified atom stereocenters. The number of nitrogens with zero attached hydrogens (tertiary/aromatic N) is 2. The Hall–Kier alpha value is -3.02. The normalized spacial score (nSPS) is 14.0. The number of aliphatic carboxylic acids is 1. The zero-order chi connectivity index (χ0) is 24.9. The Morgan fingerprint density at radius 3 is 2.54 bits per heavy atom. The summed E-state index contributed by atoms with van der Waals surface area (Å²) in [7, 11) is 0. The van der Waals surface area contributed by atoms with E-state index in [1.807, 2.05) is 0 Å². The number of piperidine rings is 1. The number of nitrogens with one attached hydrogen (secondary N) is 1. The first-order chi connectivity index (χ1) is 16.8. The van der Waals surface area contributed by atoms with Gasteiger partial charge in [-0.25, -0.2) is 13.8 Å². The van der Waals surface area contributed by atoms with Crippen molar-refractivity contribution in [3.8, 4) is 16.9 Å². The third kappa shape index (κ3) is 6.16. The average molecular weight is 520 g/mol. The molecule has 0 spiro atoms. The fraction of sp³-hybridized carbons (Fsp3) is 0.292. The topological polar surface area (TPSA) is 91.8 Å². The van der Waals surface area contributed by atoms with E-state index in [-0.39, 0.29) is 24.9 Å². The first kappa shape index (κ1) is 25.1. The van der Waals surface area contributed by atoms with Gasteiger partial charge in [0, 0.05) is 16.3 Å². The van der Waals surface area contributed by atoms with Gasteiger partial charge in [0.15, 0.2) is 11.6 Å². The van der Waals surface area contributed by atoms with E-state index in [0.717, 1.165) is 25.2 Å². The van der Waals surface area contributed by atoms with Crippen LogP contribution in [0.5, 0.6) is 5.75 Å². The lowest BCUT2D eigenvalue weighted by molar-refractivity contribution is -0.138. The number of hydrogen-bond donors (Lipinski definition) is 3. The number of thiol groups is 1. The van der Waals surface area contributed by atoms with Crippen molar-refractivity contribution in [1.29, 1.82) is 0 Å². The Balaban J connectivity index is 1.40. The number of carbonyl (C=O) groups excluding carboxylic acids is 1. The van der Waals surface area contributed by atoms with E-state index in [4.69, 9.17) is 4.74 Å². The van der Waals surface area contributed by atoms with Crippen LogP contribution < -0.4 is 10.1 Å². The summed E-state index contributed by atoms with van der Waals surface area (Å²) in [5, 5.41) is 14.7. The Labute approximate surface area is 210 Å². The van der Waals surface area contributed by atoms with Gasteiger partial charge in [-0.3, -0.25) is 9.59 Å². The van der Waals surface area contributed by atoms with Gasteiger partial charge in [-0.2, -0.15) is 0 Å². The number of carboxylic acids is 1. The highest BCUT2D eigenvalue weighted by Crippen LogP contribution is 2.30. The summed E-state index contributed by atoms with van der Waals surface area (Å²) in [6.07, 6.45) is 1.38. The van der Waals surface area contributed by atoms with Crippen molar-refractivity contribution in [2.45, 2.75) is 30.4 Å². The van der Waals surface area contributed by atoms with Gasteiger partial charge in [-0.1, -0.05) is 12.1 Å². The molecule has 0 bridgehead atoms. The number of carbonyl (C=O) groups is 2. The van der Waals surface area contributed by atoms with Crippen LogP contribution in [0.1, 0.15) is 28.3 Å². The van der Waals surface area contributed by atoms with E-state index in [9.17, 15) is 23.5 Å². The minimum absolute atomic E-state index is 0.118.